The molecule has 0 saturated heterocycles. The highest BCUT2D eigenvalue weighted by Crippen LogP contribution is 2.37. The fraction of sp³-hybridized carbons (Fsp3) is 0.261. The predicted molar refractivity (Wildman–Crippen MR) is 116 cm³/mol. The normalized spacial score (nSPS) is 10.6. The van der Waals surface area contributed by atoms with Crippen molar-refractivity contribution in [1.29, 1.82) is 5.26 Å². The molecule has 0 aliphatic heterocycles. The van der Waals surface area contributed by atoms with Gasteiger partial charge in [0.05, 0.1) is 38.1 Å². The van der Waals surface area contributed by atoms with E-state index in [9.17, 15) is 0 Å². The zero-order chi connectivity index (χ0) is 22.1. The molecule has 1 heterocycles. The van der Waals surface area contributed by atoms with Gasteiger partial charge in [0, 0.05) is 5.56 Å². The van der Waals surface area contributed by atoms with Crippen LogP contribution in [0.2, 0.25) is 0 Å². The standard InChI is InChI=1S/C23H23N5O3/c1-4-5-14-31-19-12-10-18(11-13-19)27-28-20-22(29-2)25-21(26-23(20)30-3)17-8-6-16(15-24)7-9-17/h6-13H,4-5,14H2,1-3H3. The molecule has 0 spiro atoms. The summed E-state index contributed by atoms with van der Waals surface area (Å²) in [5, 5.41) is 17.5. The van der Waals surface area contributed by atoms with E-state index in [1.807, 2.05) is 24.3 Å². The number of ether oxygens (including phenoxy) is 3. The van der Waals surface area contributed by atoms with Crippen LogP contribution in [0.25, 0.3) is 11.4 Å². The lowest BCUT2D eigenvalue weighted by Gasteiger charge is -2.10. The van der Waals surface area contributed by atoms with Crippen molar-refractivity contribution in [2.75, 3.05) is 20.8 Å². The minimum absolute atomic E-state index is 0.231. The number of unbranched alkanes of at least 4 members (excludes halogenated alkanes) is 1. The van der Waals surface area contributed by atoms with Crippen molar-refractivity contribution in [3.8, 4) is 35.0 Å². The first-order valence-electron chi connectivity index (χ1n) is 9.83. The van der Waals surface area contributed by atoms with Crippen LogP contribution in [-0.2, 0) is 0 Å². The molecule has 2 aromatic carbocycles. The molecule has 0 unspecified atom stereocenters. The Bertz CT molecular complexity index is 1050. The average molecular weight is 417 g/mol. The predicted octanol–water partition coefficient (Wildman–Crippen LogP) is 5.63. The van der Waals surface area contributed by atoms with Gasteiger partial charge < -0.3 is 14.2 Å². The molecule has 0 bridgehead atoms. The summed E-state index contributed by atoms with van der Waals surface area (Å²) in [4.78, 5) is 8.85. The van der Waals surface area contributed by atoms with E-state index in [0.29, 0.717) is 23.7 Å². The lowest BCUT2D eigenvalue weighted by molar-refractivity contribution is 0.309. The lowest BCUT2D eigenvalue weighted by atomic mass is 10.1. The van der Waals surface area contributed by atoms with Crippen LogP contribution in [-0.4, -0.2) is 30.8 Å². The third kappa shape index (κ3) is 5.54. The van der Waals surface area contributed by atoms with Crippen LogP contribution in [0.4, 0.5) is 11.4 Å². The van der Waals surface area contributed by atoms with Gasteiger partial charge in [0.25, 0.3) is 0 Å². The molecule has 3 rings (SSSR count). The van der Waals surface area contributed by atoms with E-state index >= 15 is 0 Å². The molecule has 8 heteroatoms. The van der Waals surface area contributed by atoms with Crippen molar-refractivity contribution in [2.45, 2.75) is 19.8 Å². The van der Waals surface area contributed by atoms with Gasteiger partial charge in [-0.05, 0) is 55.0 Å². The fourth-order valence-electron chi connectivity index (χ4n) is 2.66. The lowest BCUT2D eigenvalue weighted by Crippen LogP contribution is -1.98. The summed E-state index contributed by atoms with van der Waals surface area (Å²) in [6.07, 6.45) is 2.10. The van der Waals surface area contributed by atoms with Gasteiger partial charge in [-0.25, -0.2) is 0 Å². The van der Waals surface area contributed by atoms with Crippen LogP contribution in [0, 0.1) is 11.3 Å². The van der Waals surface area contributed by atoms with E-state index in [2.05, 4.69) is 33.2 Å². The molecule has 0 aliphatic rings. The Kier molecular flexibility index (Phi) is 7.49. The Morgan fingerprint density at radius 1 is 0.903 bits per heavy atom. The molecule has 0 aliphatic carbocycles. The minimum Gasteiger partial charge on any atom is -0.494 e. The van der Waals surface area contributed by atoms with Crippen molar-refractivity contribution >= 4 is 11.4 Å². The van der Waals surface area contributed by atoms with Crippen LogP contribution in [0.3, 0.4) is 0 Å². The molecule has 0 atom stereocenters. The Balaban J connectivity index is 1.85. The second-order valence-corrected chi connectivity index (χ2v) is 6.50. The summed E-state index contributed by atoms with van der Waals surface area (Å²) in [6, 6.07) is 16.3. The van der Waals surface area contributed by atoms with Gasteiger partial charge in [0.1, 0.15) is 5.75 Å². The van der Waals surface area contributed by atoms with Crippen LogP contribution in [0.1, 0.15) is 25.3 Å². The Labute approximate surface area is 181 Å². The zero-order valence-corrected chi connectivity index (χ0v) is 17.7. The molecule has 0 amide bonds. The molecule has 0 saturated carbocycles. The number of aromatic nitrogens is 2. The maximum Gasteiger partial charge on any atom is 0.249 e. The summed E-state index contributed by atoms with van der Waals surface area (Å²) in [5.41, 5.74) is 2.20. The number of methoxy groups -OCH3 is 2. The maximum atomic E-state index is 8.97. The van der Waals surface area contributed by atoms with Gasteiger partial charge in [-0.2, -0.15) is 20.3 Å². The Morgan fingerprint density at radius 2 is 1.55 bits per heavy atom. The quantitative estimate of drug-likeness (QED) is 0.330. The molecule has 1 aromatic heterocycles. The highest BCUT2D eigenvalue weighted by atomic mass is 16.5. The zero-order valence-electron chi connectivity index (χ0n) is 17.7. The van der Waals surface area contributed by atoms with Gasteiger partial charge >= 0.3 is 0 Å². The van der Waals surface area contributed by atoms with E-state index in [1.54, 1.807) is 24.3 Å². The smallest absolute Gasteiger partial charge is 0.249 e. The monoisotopic (exact) mass is 417 g/mol. The molecular weight excluding hydrogens is 394 g/mol. The highest BCUT2D eigenvalue weighted by molar-refractivity contribution is 5.64. The van der Waals surface area contributed by atoms with E-state index < -0.39 is 0 Å². The van der Waals surface area contributed by atoms with Crippen molar-refractivity contribution in [3.05, 3.63) is 54.1 Å². The average Bonchev–Trinajstić information content (AvgIpc) is 2.83. The van der Waals surface area contributed by atoms with Crippen LogP contribution < -0.4 is 14.2 Å². The number of benzene rings is 2. The van der Waals surface area contributed by atoms with Gasteiger partial charge in [0.15, 0.2) is 5.82 Å². The summed E-state index contributed by atoms with van der Waals surface area (Å²) >= 11 is 0. The molecule has 0 fully saturated rings. The highest BCUT2D eigenvalue weighted by Gasteiger charge is 2.17. The molecule has 31 heavy (non-hydrogen) atoms. The second-order valence-electron chi connectivity index (χ2n) is 6.50. The second kappa shape index (κ2) is 10.7. The number of hydrogen-bond acceptors (Lipinski definition) is 8. The minimum atomic E-state index is 0.231. The van der Waals surface area contributed by atoms with Crippen molar-refractivity contribution in [2.24, 2.45) is 10.2 Å². The summed E-state index contributed by atoms with van der Waals surface area (Å²) in [7, 11) is 2.98. The molecule has 158 valence electrons. The molecular formula is C23H23N5O3. The van der Waals surface area contributed by atoms with Gasteiger partial charge in [-0.3, -0.25) is 0 Å². The third-order valence-corrected chi connectivity index (χ3v) is 4.35. The maximum absolute atomic E-state index is 8.97. The number of azo groups is 1. The molecule has 0 radical (unpaired) electrons. The van der Waals surface area contributed by atoms with Gasteiger partial charge in [-0.15, -0.1) is 5.11 Å². The summed E-state index contributed by atoms with van der Waals surface area (Å²) < 4.78 is 16.5. The van der Waals surface area contributed by atoms with Crippen LogP contribution >= 0.6 is 0 Å². The number of rotatable bonds is 9. The van der Waals surface area contributed by atoms with Crippen LogP contribution in [0.5, 0.6) is 17.5 Å². The first-order chi connectivity index (χ1) is 15.2. The number of nitriles is 1. The van der Waals surface area contributed by atoms with E-state index in [1.165, 1.54) is 14.2 Å². The van der Waals surface area contributed by atoms with E-state index in [4.69, 9.17) is 19.5 Å². The van der Waals surface area contributed by atoms with Crippen molar-refractivity contribution in [1.82, 2.24) is 9.97 Å². The van der Waals surface area contributed by atoms with E-state index in [0.717, 1.165) is 24.2 Å². The first-order valence-corrected chi connectivity index (χ1v) is 9.83. The Hall–Kier alpha value is -3.99. The van der Waals surface area contributed by atoms with Crippen molar-refractivity contribution in [3.63, 3.8) is 0 Å². The number of nitrogens with zero attached hydrogens (tertiary/aromatic N) is 5. The fourth-order valence-corrected chi connectivity index (χ4v) is 2.66. The topological polar surface area (TPSA) is 102 Å². The molecule has 0 N–H and O–H groups in total. The first kappa shape index (κ1) is 21.7. The summed E-state index contributed by atoms with van der Waals surface area (Å²) in [5.74, 6) is 1.65. The molecule has 8 nitrogen and oxygen atoms in total. The van der Waals surface area contributed by atoms with Gasteiger partial charge in [0.2, 0.25) is 17.4 Å². The SMILES string of the molecule is CCCCOc1ccc(N=Nc2c(OC)nc(-c3ccc(C#N)cc3)nc2OC)cc1. The van der Waals surface area contributed by atoms with E-state index in [-0.39, 0.29) is 17.4 Å². The largest absolute Gasteiger partial charge is 0.494 e. The van der Waals surface area contributed by atoms with Gasteiger partial charge in [-0.1, -0.05) is 13.3 Å². The third-order valence-electron chi connectivity index (χ3n) is 4.35. The summed E-state index contributed by atoms with van der Waals surface area (Å²) in [6.45, 7) is 2.81. The molecule has 3 aromatic rings. The van der Waals surface area contributed by atoms with Crippen LogP contribution in [0.15, 0.2) is 58.8 Å². The number of hydrogen-bond donors (Lipinski definition) is 0. The Morgan fingerprint density at radius 3 is 2.10 bits per heavy atom. The van der Waals surface area contributed by atoms with Crippen molar-refractivity contribution < 1.29 is 14.2 Å².